The van der Waals surface area contributed by atoms with E-state index >= 15 is 0 Å². The molecule has 6 heteroatoms. The van der Waals surface area contributed by atoms with Gasteiger partial charge >= 0.3 is 0 Å². The van der Waals surface area contributed by atoms with Gasteiger partial charge in [0.05, 0.1) is 0 Å². The van der Waals surface area contributed by atoms with Crippen LogP contribution in [0.2, 0.25) is 0 Å². The predicted molar refractivity (Wildman–Crippen MR) is 48.7 cm³/mol. The number of hydrogen-bond donors (Lipinski definition) is 3. The van der Waals surface area contributed by atoms with Crippen molar-refractivity contribution in [3.05, 3.63) is 12.1 Å². The van der Waals surface area contributed by atoms with E-state index in [9.17, 15) is 4.79 Å². The molecule has 0 bridgehead atoms. The Hall–Kier alpha value is -1.85. The van der Waals surface area contributed by atoms with Crippen LogP contribution in [0.3, 0.4) is 0 Å². The van der Waals surface area contributed by atoms with E-state index in [1.807, 2.05) is 0 Å². The third-order valence-corrected chi connectivity index (χ3v) is 1.48. The van der Waals surface area contributed by atoms with E-state index in [2.05, 4.69) is 15.5 Å². The molecule has 0 radical (unpaired) electrons. The van der Waals surface area contributed by atoms with Gasteiger partial charge in [0.25, 0.3) is 0 Å². The summed E-state index contributed by atoms with van der Waals surface area (Å²) in [5.74, 6) is 0.358. The molecule has 13 heavy (non-hydrogen) atoms. The number of amides is 1. The van der Waals surface area contributed by atoms with Crippen LogP contribution in [0, 0.1) is 0 Å². The zero-order valence-electron chi connectivity index (χ0n) is 7.19. The first-order valence-electron chi connectivity index (χ1n) is 3.74. The standard InChI is InChI=1S/C7H11N5O/c1-4(7(9)13)10-6-3-2-5(8)11-12-6/h2-4H,1H3,(H2,8,11)(H2,9,13)(H,10,12). The second-order valence-corrected chi connectivity index (χ2v) is 2.61. The Morgan fingerprint density at radius 1 is 1.54 bits per heavy atom. The highest BCUT2D eigenvalue weighted by Gasteiger charge is 2.08. The average molecular weight is 181 g/mol. The molecular formula is C7H11N5O. The Morgan fingerprint density at radius 2 is 2.23 bits per heavy atom. The van der Waals surface area contributed by atoms with E-state index in [1.54, 1.807) is 19.1 Å². The minimum Gasteiger partial charge on any atom is -0.382 e. The number of nitrogens with zero attached hydrogens (tertiary/aromatic N) is 2. The van der Waals surface area contributed by atoms with Gasteiger partial charge in [0.2, 0.25) is 5.91 Å². The van der Waals surface area contributed by atoms with Gasteiger partial charge in [0.1, 0.15) is 17.7 Å². The monoisotopic (exact) mass is 181 g/mol. The van der Waals surface area contributed by atoms with Crippen LogP contribution in [-0.2, 0) is 4.79 Å². The molecule has 0 saturated heterocycles. The van der Waals surface area contributed by atoms with Gasteiger partial charge < -0.3 is 16.8 Å². The molecule has 0 aliphatic rings. The van der Waals surface area contributed by atoms with Crippen LogP contribution in [0.25, 0.3) is 0 Å². The maximum atomic E-state index is 10.7. The van der Waals surface area contributed by atoms with Gasteiger partial charge in [-0.2, -0.15) is 0 Å². The highest BCUT2D eigenvalue weighted by atomic mass is 16.1. The maximum absolute atomic E-state index is 10.7. The number of primary amides is 1. The van der Waals surface area contributed by atoms with Crippen LogP contribution in [0.15, 0.2) is 12.1 Å². The maximum Gasteiger partial charge on any atom is 0.239 e. The number of anilines is 2. The summed E-state index contributed by atoms with van der Waals surface area (Å²) >= 11 is 0. The fraction of sp³-hybridized carbons (Fsp3) is 0.286. The topological polar surface area (TPSA) is 107 Å². The van der Waals surface area contributed by atoms with Gasteiger partial charge in [-0.25, -0.2) is 0 Å². The normalized spacial score (nSPS) is 12.1. The molecule has 1 heterocycles. The molecular weight excluding hydrogens is 170 g/mol. The lowest BCUT2D eigenvalue weighted by molar-refractivity contribution is -0.118. The number of hydrogen-bond acceptors (Lipinski definition) is 5. The lowest BCUT2D eigenvalue weighted by Crippen LogP contribution is -2.32. The molecule has 0 spiro atoms. The van der Waals surface area contributed by atoms with E-state index < -0.39 is 11.9 Å². The summed E-state index contributed by atoms with van der Waals surface area (Å²) in [4.78, 5) is 10.7. The molecule has 70 valence electrons. The number of aromatic nitrogens is 2. The van der Waals surface area contributed by atoms with Crippen LogP contribution in [0.1, 0.15) is 6.92 Å². The van der Waals surface area contributed by atoms with Crippen molar-refractivity contribution in [2.45, 2.75) is 13.0 Å². The number of nitrogens with one attached hydrogen (secondary N) is 1. The van der Waals surface area contributed by atoms with Crippen molar-refractivity contribution in [2.24, 2.45) is 5.73 Å². The summed E-state index contributed by atoms with van der Waals surface area (Å²) < 4.78 is 0. The van der Waals surface area contributed by atoms with Crippen molar-refractivity contribution < 1.29 is 4.79 Å². The third kappa shape index (κ3) is 2.58. The molecule has 0 aliphatic carbocycles. The molecule has 1 aromatic heterocycles. The largest absolute Gasteiger partial charge is 0.382 e. The minimum atomic E-state index is -0.474. The fourth-order valence-electron chi connectivity index (χ4n) is 0.713. The predicted octanol–water partition coefficient (Wildman–Crippen LogP) is -0.655. The molecule has 0 saturated carbocycles. The van der Waals surface area contributed by atoms with Crippen LogP contribution < -0.4 is 16.8 Å². The highest BCUT2D eigenvalue weighted by Crippen LogP contribution is 2.03. The van der Waals surface area contributed by atoms with Crippen LogP contribution in [0.4, 0.5) is 11.6 Å². The molecule has 0 aliphatic heterocycles. The molecule has 0 fully saturated rings. The summed E-state index contributed by atoms with van der Waals surface area (Å²) in [6.45, 7) is 1.64. The average Bonchev–Trinajstić information content (AvgIpc) is 2.08. The van der Waals surface area contributed by atoms with Crippen molar-refractivity contribution in [3.63, 3.8) is 0 Å². The van der Waals surface area contributed by atoms with Crippen molar-refractivity contribution in [3.8, 4) is 0 Å². The summed E-state index contributed by atoms with van der Waals surface area (Å²) in [5.41, 5.74) is 10.4. The lowest BCUT2D eigenvalue weighted by atomic mass is 10.3. The molecule has 1 atom stereocenters. The molecule has 1 unspecified atom stereocenters. The Balaban J connectivity index is 2.64. The van der Waals surface area contributed by atoms with Crippen molar-refractivity contribution in [1.29, 1.82) is 0 Å². The van der Waals surface area contributed by atoms with Crippen LogP contribution in [0.5, 0.6) is 0 Å². The summed E-state index contributed by atoms with van der Waals surface area (Å²) in [7, 11) is 0. The molecule has 6 nitrogen and oxygen atoms in total. The zero-order chi connectivity index (χ0) is 9.84. The van der Waals surface area contributed by atoms with E-state index in [1.165, 1.54) is 0 Å². The van der Waals surface area contributed by atoms with Gasteiger partial charge in [-0.3, -0.25) is 4.79 Å². The first kappa shape index (κ1) is 9.24. The van der Waals surface area contributed by atoms with Gasteiger partial charge in [0, 0.05) is 0 Å². The Labute approximate surface area is 75.3 Å². The zero-order valence-corrected chi connectivity index (χ0v) is 7.19. The Morgan fingerprint density at radius 3 is 2.69 bits per heavy atom. The van der Waals surface area contributed by atoms with Gasteiger partial charge in [0.15, 0.2) is 0 Å². The second-order valence-electron chi connectivity index (χ2n) is 2.61. The quantitative estimate of drug-likeness (QED) is 0.574. The number of rotatable bonds is 3. The SMILES string of the molecule is CC(Nc1ccc(N)nn1)C(N)=O. The van der Waals surface area contributed by atoms with Gasteiger partial charge in [-0.15, -0.1) is 10.2 Å². The molecule has 1 rings (SSSR count). The van der Waals surface area contributed by atoms with E-state index in [0.29, 0.717) is 11.6 Å². The first-order chi connectivity index (χ1) is 6.09. The van der Waals surface area contributed by atoms with Crippen molar-refractivity contribution in [1.82, 2.24) is 10.2 Å². The van der Waals surface area contributed by atoms with Crippen LogP contribution >= 0.6 is 0 Å². The van der Waals surface area contributed by atoms with E-state index in [0.717, 1.165) is 0 Å². The summed E-state index contributed by atoms with van der Waals surface area (Å²) in [6, 6.07) is 2.74. The highest BCUT2D eigenvalue weighted by molar-refractivity contribution is 5.82. The van der Waals surface area contributed by atoms with Crippen molar-refractivity contribution in [2.75, 3.05) is 11.1 Å². The molecule has 0 aromatic carbocycles. The number of nitrogen functional groups attached to an aromatic ring is 1. The minimum absolute atomic E-state index is 0.331. The van der Waals surface area contributed by atoms with E-state index in [4.69, 9.17) is 11.5 Å². The Bertz CT molecular complexity index is 296. The number of carbonyl (C=O) groups excluding carboxylic acids is 1. The third-order valence-electron chi connectivity index (χ3n) is 1.48. The number of carbonyl (C=O) groups is 1. The molecule has 1 amide bonds. The summed E-state index contributed by atoms with van der Waals surface area (Å²) in [5, 5.41) is 10.1. The van der Waals surface area contributed by atoms with Crippen molar-refractivity contribution >= 4 is 17.5 Å². The fourth-order valence-corrected chi connectivity index (χ4v) is 0.713. The summed E-state index contributed by atoms with van der Waals surface area (Å²) in [6.07, 6.45) is 0. The second kappa shape index (κ2) is 3.70. The van der Waals surface area contributed by atoms with Gasteiger partial charge in [-0.05, 0) is 19.1 Å². The molecule has 1 aromatic rings. The van der Waals surface area contributed by atoms with E-state index in [-0.39, 0.29) is 0 Å². The van der Waals surface area contributed by atoms with Gasteiger partial charge in [-0.1, -0.05) is 0 Å². The lowest BCUT2D eigenvalue weighted by Gasteiger charge is -2.09. The van der Waals surface area contributed by atoms with Crippen LogP contribution in [-0.4, -0.2) is 22.1 Å². The first-order valence-corrected chi connectivity index (χ1v) is 3.74. The smallest absolute Gasteiger partial charge is 0.239 e. The number of nitrogens with two attached hydrogens (primary N) is 2. The Kier molecular flexibility index (Phi) is 2.63. The molecule has 5 N–H and O–H groups in total.